The van der Waals surface area contributed by atoms with Crippen molar-refractivity contribution in [3.8, 4) is 0 Å². The average Bonchev–Trinajstić information content (AvgIpc) is 2.47. The minimum atomic E-state index is -0.573. The molecule has 21 heavy (non-hydrogen) atoms. The van der Waals surface area contributed by atoms with E-state index in [0.29, 0.717) is 0 Å². The van der Waals surface area contributed by atoms with Crippen LogP contribution in [0.4, 0.5) is 0 Å². The molecule has 1 aromatic rings. The number of rotatable bonds is 4. The Morgan fingerprint density at radius 3 is 2.76 bits per heavy atom. The Bertz CT molecular complexity index is 455. The molecule has 2 unspecified atom stereocenters. The largest absolute Gasteiger partial charge is 0.383 e. The van der Waals surface area contributed by atoms with Crippen LogP contribution in [0.3, 0.4) is 0 Å². The van der Waals surface area contributed by atoms with Gasteiger partial charge in [-0.05, 0) is 12.5 Å². The summed E-state index contributed by atoms with van der Waals surface area (Å²) in [6.45, 7) is 3.08. The summed E-state index contributed by atoms with van der Waals surface area (Å²) < 4.78 is 4.99. The Morgan fingerprint density at radius 2 is 2.14 bits per heavy atom. The van der Waals surface area contributed by atoms with Crippen molar-refractivity contribution < 1.29 is 9.53 Å². The van der Waals surface area contributed by atoms with E-state index in [1.165, 1.54) is 11.1 Å². The van der Waals surface area contributed by atoms with Crippen LogP contribution >= 0.6 is 24.2 Å². The molecule has 1 saturated heterocycles. The first kappa shape index (κ1) is 18.3. The summed E-state index contributed by atoms with van der Waals surface area (Å²) in [4.78, 5) is 14.4. The number of aryl methyl sites for hydroxylation is 1. The first-order chi connectivity index (χ1) is 9.63. The van der Waals surface area contributed by atoms with Crippen LogP contribution in [-0.4, -0.2) is 48.6 Å². The zero-order valence-electron chi connectivity index (χ0n) is 12.5. The summed E-state index contributed by atoms with van der Waals surface area (Å²) in [5.41, 5.74) is 8.31. The second kappa shape index (κ2) is 8.63. The molecule has 2 rings (SSSR count). The molecule has 1 aromatic carbocycles. The molecule has 1 aliphatic heterocycles. The lowest BCUT2D eigenvalue weighted by Gasteiger charge is -2.37. The number of ether oxygens (including phenoxy) is 1. The SMILES string of the molecule is COCC(N)C(=O)N1CCSCC1c1ccc(C)cc1.Cl. The van der Waals surface area contributed by atoms with Crippen molar-refractivity contribution in [1.29, 1.82) is 0 Å². The summed E-state index contributed by atoms with van der Waals surface area (Å²) in [6, 6.07) is 7.93. The number of amides is 1. The van der Waals surface area contributed by atoms with Gasteiger partial charge in [-0.2, -0.15) is 11.8 Å². The van der Waals surface area contributed by atoms with E-state index in [0.717, 1.165) is 18.1 Å². The van der Waals surface area contributed by atoms with E-state index in [1.807, 2.05) is 16.7 Å². The summed E-state index contributed by atoms with van der Waals surface area (Å²) in [6.07, 6.45) is 0. The van der Waals surface area contributed by atoms with Gasteiger partial charge in [0.05, 0.1) is 12.6 Å². The number of nitrogens with two attached hydrogens (primary N) is 1. The normalized spacial score (nSPS) is 19.8. The van der Waals surface area contributed by atoms with Crippen LogP contribution in [0, 0.1) is 6.92 Å². The molecule has 0 radical (unpaired) electrons. The van der Waals surface area contributed by atoms with Gasteiger partial charge in [0.25, 0.3) is 0 Å². The minimum absolute atomic E-state index is 0. The highest BCUT2D eigenvalue weighted by Gasteiger charge is 2.31. The number of thioether (sulfide) groups is 1. The van der Waals surface area contributed by atoms with E-state index in [-0.39, 0.29) is 31.0 Å². The lowest BCUT2D eigenvalue weighted by atomic mass is 10.0. The summed E-state index contributed by atoms with van der Waals surface area (Å²) in [7, 11) is 1.57. The van der Waals surface area contributed by atoms with E-state index in [2.05, 4.69) is 31.2 Å². The molecule has 0 spiro atoms. The van der Waals surface area contributed by atoms with Gasteiger partial charge in [-0.3, -0.25) is 4.79 Å². The third-order valence-corrected chi connectivity index (χ3v) is 4.56. The number of carbonyl (C=O) groups is 1. The number of carbonyl (C=O) groups excluding carboxylic acids is 1. The number of benzene rings is 1. The second-order valence-corrected chi connectivity index (χ2v) is 6.24. The minimum Gasteiger partial charge on any atom is -0.383 e. The molecule has 118 valence electrons. The van der Waals surface area contributed by atoms with Gasteiger partial charge in [0, 0.05) is 25.2 Å². The van der Waals surface area contributed by atoms with E-state index < -0.39 is 6.04 Å². The Hall–Kier alpha value is -0.750. The molecule has 0 aromatic heterocycles. The molecule has 0 bridgehead atoms. The van der Waals surface area contributed by atoms with Gasteiger partial charge in [-0.15, -0.1) is 12.4 Å². The van der Waals surface area contributed by atoms with E-state index in [4.69, 9.17) is 10.5 Å². The molecule has 4 nitrogen and oxygen atoms in total. The maximum atomic E-state index is 12.5. The van der Waals surface area contributed by atoms with E-state index in [9.17, 15) is 4.79 Å². The molecule has 1 amide bonds. The van der Waals surface area contributed by atoms with Crippen LogP contribution in [0.5, 0.6) is 0 Å². The number of halogens is 1. The van der Waals surface area contributed by atoms with Crippen LogP contribution in [0.2, 0.25) is 0 Å². The lowest BCUT2D eigenvalue weighted by molar-refractivity contribution is -0.135. The van der Waals surface area contributed by atoms with Crippen molar-refractivity contribution in [2.45, 2.75) is 19.0 Å². The van der Waals surface area contributed by atoms with Gasteiger partial charge in [0.15, 0.2) is 0 Å². The topological polar surface area (TPSA) is 55.6 Å². The highest BCUT2D eigenvalue weighted by Crippen LogP contribution is 2.30. The lowest BCUT2D eigenvalue weighted by Crippen LogP contribution is -2.50. The smallest absolute Gasteiger partial charge is 0.242 e. The fourth-order valence-corrected chi connectivity index (χ4v) is 3.48. The second-order valence-electron chi connectivity index (χ2n) is 5.09. The Kier molecular flexibility index (Phi) is 7.52. The molecule has 0 saturated carbocycles. The maximum absolute atomic E-state index is 12.5. The highest BCUT2D eigenvalue weighted by molar-refractivity contribution is 7.99. The average molecular weight is 331 g/mol. The predicted octanol–water partition coefficient (Wildman–Crippen LogP) is 2.01. The van der Waals surface area contributed by atoms with Crippen molar-refractivity contribution >= 4 is 30.1 Å². The molecule has 1 fully saturated rings. The first-order valence-electron chi connectivity index (χ1n) is 6.82. The van der Waals surface area contributed by atoms with Crippen molar-refractivity contribution in [3.63, 3.8) is 0 Å². The van der Waals surface area contributed by atoms with Gasteiger partial charge >= 0.3 is 0 Å². The third kappa shape index (κ3) is 4.61. The fourth-order valence-electron chi connectivity index (χ4n) is 2.40. The van der Waals surface area contributed by atoms with Crippen LogP contribution < -0.4 is 5.73 Å². The Balaban J connectivity index is 0.00000220. The van der Waals surface area contributed by atoms with Gasteiger partial charge < -0.3 is 15.4 Å². The van der Waals surface area contributed by atoms with Crippen molar-refractivity contribution in [2.75, 3.05) is 31.8 Å². The number of hydrogen-bond acceptors (Lipinski definition) is 4. The van der Waals surface area contributed by atoms with Crippen molar-refractivity contribution in [2.24, 2.45) is 5.73 Å². The van der Waals surface area contributed by atoms with Crippen molar-refractivity contribution in [3.05, 3.63) is 35.4 Å². The molecule has 2 atom stereocenters. The monoisotopic (exact) mass is 330 g/mol. The van der Waals surface area contributed by atoms with Gasteiger partial charge in [-0.25, -0.2) is 0 Å². The van der Waals surface area contributed by atoms with Crippen LogP contribution in [-0.2, 0) is 9.53 Å². The quantitative estimate of drug-likeness (QED) is 0.917. The molecular formula is C15H23ClN2O2S. The molecule has 1 aliphatic rings. The van der Waals surface area contributed by atoms with Crippen LogP contribution in [0.1, 0.15) is 17.2 Å². The number of nitrogens with zero attached hydrogens (tertiary/aromatic N) is 1. The van der Waals surface area contributed by atoms with Crippen molar-refractivity contribution in [1.82, 2.24) is 4.90 Å². The molecule has 2 N–H and O–H groups in total. The first-order valence-corrected chi connectivity index (χ1v) is 7.98. The molecule has 1 heterocycles. The summed E-state index contributed by atoms with van der Waals surface area (Å²) >= 11 is 1.88. The standard InChI is InChI=1S/C15H22N2O2S.ClH/c1-11-3-5-12(6-4-11)14-10-20-8-7-17(14)15(18)13(16)9-19-2;/h3-6,13-14H,7-10,16H2,1-2H3;1H. The number of hydrogen-bond donors (Lipinski definition) is 1. The summed E-state index contributed by atoms with van der Waals surface area (Å²) in [5, 5.41) is 0. The maximum Gasteiger partial charge on any atom is 0.242 e. The zero-order chi connectivity index (χ0) is 14.5. The number of methoxy groups -OCH3 is 1. The van der Waals surface area contributed by atoms with E-state index in [1.54, 1.807) is 7.11 Å². The van der Waals surface area contributed by atoms with Crippen LogP contribution in [0.25, 0.3) is 0 Å². The molecular weight excluding hydrogens is 308 g/mol. The fraction of sp³-hybridized carbons (Fsp3) is 0.533. The molecule has 0 aliphatic carbocycles. The Labute approximate surface area is 136 Å². The predicted molar refractivity (Wildman–Crippen MR) is 90.1 cm³/mol. The van der Waals surface area contributed by atoms with Gasteiger partial charge in [-0.1, -0.05) is 29.8 Å². The van der Waals surface area contributed by atoms with E-state index >= 15 is 0 Å². The zero-order valence-corrected chi connectivity index (χ0v) is 14.1. The van der Waals surface area contributed by atoms with Gasteiger partial charge in [0.2, 0.25) is 5.91 Å². The van der Waals surface area contributed by atoms with Crippen LogP contribution in [0.15, 0.2) is 24.3 Å². The third-order valence-electron chi connectivity index (χ3n) is 3.54. The highest BCUT2D eigenvalue weighted by atomic mass is 35.5. The molecule has 6 heteroatoms. The van der Waals surface area contributed by atoms with Gasteiger partial charge in [0.1, 0.15) is 6.04 Å². The Morgan fingerprint density at radius 1 is 1.48 bits per heavy atom. The summed E-state index contributed by atoms with van der Waals surface area (Å²) in [5.74, 6) is 1.88.